The maximum Gasteiger partial charge on any atom is 0.165 e. The summed E-state index contributed by atoms with van der Waals surface area (Å²) in [5, 5.41) is 3.48. The summed E-state index contributed by atoms with van der Waals surface area (Å²) in [6.45, 7) is 5.28. The van der Waals surface area contributed by atoms with Crippen LogP contribution in [0.25, 0.3) is 0 Å². The second-order valence-corrected chi connectivity index (χ2v) is 4.92. The lowest BCUT2D eigenvalue weighted by Gasteiger charge is -2.18. The van der Waals surface area contributed by atoms with Crippen LogP contribution in [0.2, 0.25) is 0 Å². The summed E-state index contributed by atoms with van der Waals surface area (Å²) >= 11 is 0. The van der Waals surface area contributed by atoms with Crippen molar-refractivity contribution in [2.24, 2.45) is 0 Å². The largest absolute Gasteiger partial charge is 0.494 e. The topological polar surface area (TPSA) is 21.3 Å². The molecule has 0 bridgehead atoms. The van der Waals surface area contributed by atoms with Gasteiger partial charge in [-0.1, -0.05) is 39.2 Å². The summed E-state index contributed by atoms with van der Waals surface area (Å²) in [5.41, 5.74) is 1.03. The third kappa shape index (κ3) is 5.60. The van der Waals surface area contributed by atoms with Gasteiger partial charge in [-0.05, 0) is 37.1 Å². The van der Waals surface area contributed by atoms with Crippen LogP contribution in [-0.4, -0.2) is 19.7 Å². The average Bonchev–Trinajstić information content (AvgIpc) is 2.39. The lowest BCUT2D eigenvalue weighted by molar-refractivity contribution is 0.385. The van der Waals surface area contributed by atoms with Gasteiger partial charge in [0.05, 0.1) is 7.11 Å². The molecule has 1 unspecified atom stereocenters. The molecule has 1 rings (SSSR count). The number of hydrogen-bond acceptors (Lipinski definition) is 2. The Morgan fingerprint density at radius 2 is 2.05 bits per heavy atom. The highest BCUT2D eigenvalue weighted by molar-refractivity contribution is 5.29. The predicted molar refractivity (Wildman–Crippen MR) is 78.3 cm³/mol. The van der Waals surface area contributed by atoms with Gasteiger partial charge in [0.1, 0.15) is 0 Å². The van der Waals surface area contributed by atoms with E-state index in [1.54, 1.807) is 12.1 Å². The van der Waals surface area contributed by atoms with Gasteiger partial charge in [-0.15, -0.1) is 0 Å². The van der Waals surface area contributed by atoms with Crippen LogP contribution in [0.3, 0.4) is 0 Å². The lowest BCUT2D eigenvalue weighted by atomic mass is 10.00. The summed E-state index contributed by atoms with van der Waals surface area (Å²) in [6.07, 6.45) is 5.75. The van der Waals surface area contributed by atoms with E-state index < -0.39 is 0 Å². The Kier molecular flexibility index (Phi) is 7.49. The highest BCUT2D eigenvalue weighted by Crippen LogP contribution is 2.19. The van der Waals surface area contributed by atoms with Gasteiger partial charge >= 0.3 is 0 Å². The molecule has 0 amide bonds. The number of rotatable bonds is 9. The van der Waals surface area contributed by atoms with Gasteiger partial charge in [-0.3, -0.25) is 0 Å². The quantitative estimate of drug-likeness (QED) is 0.684. The zero-order valence-corrected chi connectivity index (χ0v) is 12.3. The zero-order valence-electron chi connectivity index (χ0n) is 12.3. The first-order valence-electron chi connectivity index (χ1n) is 7.27. The van der Waals surface area contributed by atoms with E-state index in [1.165, 1.54) is 26.4 Å². The fourth-order valence-corrected chi connectivity index (χ4v) is 2.33. The predicted octanol–water partition coefficient (Wildman–Crippen LogP) is 3.94. The van der Waals surface area contributed by atoms with Crippen molar-refractivity contribution in [3.63, 3.8) is 0 Å². The van der Waals surface area contributed by atoms with E-state index in [-0.39, 0.29) is 5.82 Å². The minimum atomic E-state index is -0.274. The monoisotopic (exact) mass is 267 g/mol. The van der Waals surface area contributed by atoms with Crippen LogP contribution in [0, 0.1) is 5.82 Å². The van der Waals surface area contributed by atoms with E-state index in [0.29, 0.717) is 11.8 Å². The molecule has 108 valence electrons. The molecule has 0 aliphatic carbocycles. The molecule has 1 aromatic carbocycles. The molecule has 1 atom stereocenters. The lowest BCUT2D eigenvalue weighted by Crippen LogP contribution is -2.30. The minimum Gasteiger partial charge on any atom is -0.494 e. The standard InChI is InChI=1S/C16H26FNO/c1-4-6-7-8-14(18-5-2)11-13-9-10-16(19-3)15(17)12-13/h9-10,12,14,18H,4-8,11H2,1-3H3. The zero-order chi connectivity index (χ0) is 14.1. The van der Waals surface area contributed by atoms with Gasteiger partial charge in [0.2, 0.25) is 0 Å². The number of likely N-dealkylation sites (N-methyl/N-ethyl adjacent to an activating group) is 1. The smallest absolute Gasteiger partial charge is 0.165 e. The van der Waals surface area contributed by atoms with Crippen molar-refractivity contribution in [1.82, 2.24) is 5.32 Å². The Bertz CT molecular complexity index is 368. The highest BCUT2D eigenvalue weighted by Gasteiger charge is 2.10. The van der Waals surface area contributed by atoms with Crippen LogP contribution >= 0.6 is 0 Å². The van der Waals surface area contributed by atoms with Crippen LogP contribution < -0.4 is 10.1 Å². The first-order valence-corrected chi connectivity index (χ1v) is 7.27. The summed E-state index contributed by atoms with van der Waals surface area (Å²) in [7, 11) is 1.49. The molecule has 1 N–H and O–H groups in total. The fourth-order valence-electron chi connectivity index (χ4n) is 2.33. The second kappa shape index (κ2) is 8.92. The average molecular weight is 267 g/mol. The van der Waals surface area contributed by atoms with Gasteiger partial charge < -0.3 is 10.1 Å². The first kappa shape index (κ1) is 16.0. The SMILES string of the molecule is CCCCCC(Cc1ccc(OC)c(F)c1)NCC. The molecule has 19 heavy (non-hydrogen) atoms. The van der Waals surface area contributed by atoms with Gasteiger partial charge in [0.15, 0.2) is 11.6 Å². The Morgan fingerprint density at radius 1 is 1.26 bits per heavy atom. The van der Waals surface area contributed by atoms with Crippen LogP contribution in [0.5, 0.6) is 5.75 Å². The third-order valence-corrected chi connectivity index (χ3v) is 3.35. The van der Waals surface area contributed by atoms with E-state index in [0.717, 1.165) is 24.9 Å². The van der Waals surface area contributed by atoms with Crippen molar-refractivity contribution in [3.8, 4) is 5.75 Å². The van der Waals surface area contributed by atoms with Gasteiger partial charge in [0, 0.05) is 6.04 Å². The van der Waals surface area contributed by atoms with E-state index in [4.69, 9.17) is 4.74 Å². The van der Waals surface area contributed by atoms with Gasteiger partial charge in [-0.25, -0.2) is 4.39 Å². The summed E-state index contributed by atoms with van der Waals surface area (Å²) in [5.74, 6) is 0.0403. The number of methoxy groups -OCH3 is 1. The van der Waals surface area contributed by atoms with E-state index in [9.17, 15) is 4.39 Å². The van der Waals surface area contributed by atoms with Crippen LogP contribution in [0.1, 0.15) is 45.1 Å². The van der Waals surface area contributed by atoms with Crippen molar-refractivity contribution in [1.29, 1.82) is 0 Å². The Hall–Kier alpha value is -1.09. The van der Waals surface area contributed by atoms with Gasteiger partial charge in [-0.2, -0.15) is 0 Å². The Morgan fingerprint density at radius 3 is 2.63 bits per heavy atom. The summed E-state index contributed by atoms with van der Waals surface area (Å²) < 4.78 is 18.6. The van der Waals surface area contributed by atoms with Crippen LogP contribution in [0.4, 0.5) is 4.39 Å². The Balaban J connectivity index is 2.59. The number of ether oxygens (including phenoxy) is 1. The van der Waals surface area contributed by atoms with Gasteiger partial charge in [0.25, 0.3) is 0 Å². The van der Waals surface area contributed by atoms with Crippen LogP contribution in [-0.2, 0) is 6.42 Å². The van der Waals surface area contributed by atoms with Crippen molar-refractivity contribution in [2.45, 2.75) is 52.0 Å². The van der Waals surface area contributed by atoms with Crippen molar-refractivity contribution in [3.05, 3.63) is 29.6 Å². The summed E-state index contributed by atoms with van der Waals surface area (Å²) in [6, 6.07) is 5.68. The number of hydrogen-bond donors (Lipinski definition) is 1. The molecule has 0 fully saturated rings. The maximum atomic E-state index is 13.6. The molecule has 0 saturated carbocycles. The molecule has 0 aromatic heterocycles. The molecule has 0 saturated heterocycles. The number of benzene rings is 1. The first-order chi connectivity index (χ1) is 9.21. The van der Waals surface area contributed by atoms with Crippen LogP contribution in [0.15, 0.2) is 18.2 Å². The molecule has 0 aliphatic rings. The van der Waals surface area contributed by atoms with E-state index in [2.05, 4.69) is 19.2 Å². The Labute approximate surface area is 116 Å². The maximum absolute atomic E-state index is 13.6. The third-order valence-electron chi connectivity index (χ3n) is 3.35. The number of unbranched alkanes of at least 4 members (excludes halogenated alkanes) is 2. The molecule has 0 aliphatic heterocycles. The second-order valence-electron chi connectivity index (χ2n) is 4.92. The van der Waals surface area contributed by atoms with Crippen molar-refractivity contribution >= 4 is 0 Å². The minimum absolute atomic E-state index is 0.274. The molecule has 0 spiro atoms. The molecule has 1 aromatic rings. The van der Waals surface area contributed by atoms with Crippen molar-refractivity contribution in [2.75, 3.05) is 13.7 Å². The van der Waals surface area contributed by atoms with Crippen molar-refractivity contribution < 1.29 is 9.13 Å². The summed E-state index contributed by atoms with van der Waals surface area (Å²) in [4.78, 5) is 0. The molecule has 0 heterocycles. The van der Waals surface area contributed by atoms with E-state index >= 15 is 0 Å². The molecule has 2 nitrogen and oxygen atoms in total. The molecular formula is C16H26FNO. The molecular weight excluding hydrogens is 241 g/mol. The van der Waals surface area contributed by atoms with E-state index in [1.807, 2.05) is 6.07 Å². The number of halogens is 1. The normalized spacial score (nSPS) is 12.4. The molecule has 3 heteroatoms. The molecule has 0 radical (unpaired) electrons. The highest BCUT2D eigenvalue weighted by atomic mass is 19.1. The fraction of sp³-hybridized carbons (Fsp3) is 0.625. The number of nitrogens with one attached hydrogen (secondary N) is 1.